The van der Waals surface area contributed by atoms with Crippen molar-refractivity contribution in [1.29, 1.82) is 0 Å². The summed E-state index contributed by atoms with van der Waals surface area (Å²) in [5.74, 6) is 0.0543. The van der Waals surface area contributed by atoms with Gasteiger partial charge in [0.05, 0.1) is 12.5 Å². The summed E-state index contributed by atoms with van der Waals surface area (Å²) in [6.07, 6.45) is 0.452. The minimum absolute atomic E-state index is 0.0543. The van der Waals surface area contributed by atoms with Gasteiger partial charge in [-0.1, -0.05) is 48.0 Å². The van der Waals surface area contributed by atoms with E-state index in [1.54, 1.807) is 0 Å². The van der Waals surface area contributed by atoms with E-state index in [2.05, 4.69) is 11.4 Å². The second-order valence-electron chi connectivity index (χ2n) is 4.43. The van der Waals surface area contributed by atoms with Crippen LogP contribution in [0.5, 0.6) is 0 Å². The molecule has 1 aliphatic heterocycles. The third-order valence-electron chi connectivity index (χ3n) is 3.20. The van der Waals surface area contributed by atoms with Crippen LogP contribution in [0, 0.1) is 0 Å². The van der Waals surface area contributed by atoms with Crippen LogP contribution in [-0.2, 0) is 11.2 Å². The van der Waals surface area contributed by atoms with E-state index in [1.165, 1.54) is 0 Å². The summed E-state index contributed by atoms with van der Waals surface area (Å²) in [4.78, 5) is 11.8. The van der Waals surface area contributed by atoms with E-state index in [9.17, 15) is 4.79 Å². The van der Waals surface area contributed by atoms with Gasteiger partial charge in [0.1, 0.15) is 0 Å². The quantitative estimate of drug-likeness (QED) is 0.836. The van der Waals surface area contributed by atoms with Gasteiger partial charge in [0.2, 0.25) is 5.91 Å². The molecule has 1 unspecified atom stereocenters. The molecule has 3 heteroatoms. The van der Waals surface area contributed by atoms with Crippen molar-refractivity contribution >= 4 is 17.5 Å². The number of carbonyl (C=O) groups is 1. The maximum absolute atomic E-state index is 11.8. The predicted octanol–water partition coefficient (Wildman–Crippen LogP) is 3.10. The molecule has 0 bridgehead atoms. The highest BCUT2D eigenvalue weighted by Crippen LogP contribution is 2.29. The van der Waals surface area contributed by atoms with Crippen molar-refractivity contribution in [3.8, 4) is 0 Å². The Balaban J connectivity index is 2.10. The molecular formula is C15H12ClNO. The molecule has 0 spiro atoms. The van der Waals surface area contributed by atoms with Crippen molar-refractivity contribution in [2.24, 2.45) is 0 Å². The Bertz CT molecular complexity index is 609. The average molecular weight is 258 g/mol. The van der Waals surface area contributed by atoms with Crippen molar-refractivity contribution in [3.63, 3.8) is 0 Å². The van der Waals surface area contributed by atoms with Gasteiger partial charge in [-0.05, 0) is 28.8 Å². The number of halogens is 1. The first-order valence-corrected chi connectivity index (χ1v) is 6.24. The van der Waals surface area contributed by atoms with Crippen LogP contribution in [0.2, 0.25) is 5.02 Å². The third kappa shape index (κ3) is 2.00. The van der Waals surface area contributed by atoms with E-state index in [0.29, 0.717) is 11.4 Å². The van der Waals surface area contributed by atoms with E-state index >= 15 is 0 Å². The molecule has 0 aromatic heterocycles. The van der Waals surface area contributed by atoms with Gasteiger partial charge in [0.15, 0.2) is 0 Å². The lowest BCUT2D eigenvalue weighted by Gasteiger charge is -2.27. The van der Waals surface area contributed by atoms with Crippen LogP contribution in [0.4, 0.5) is 0 Å². The molecular weight excluding hydrogens is 246 g/mol. The number of hydrogen-bond donors (Lipinski definition) is 1. The summed E-state index contributed by atoms with van der Waals surface area (Å²) < 4.78 is 0. The Morgan fingerprint density at radius 2 is 1.94 bits per heavy atom. The van der Waals surface area contributed by atoms with Gasteiger partial charge in [-0.25, -0.2) is 0 Å². The second kappa shape index (κ2) is 4.46. The second-order valence-corrected chi connectivity index (χ2v) is 4.87. The number of benzene rings is 2. The molecule has 1 N–H and O–H groups in total. The van der Waals surface area contributed by atoms with Crippen LogP contribution in [-0.4, -0.2) is 5.91 Å². The topological polar surface area (TPSA) is 29.1 Å². The molecule has 2 aromatic carbocycles. The highest BCUT2D eigenvalue weighted by atomic mass is 35.5. The van der Waals surface area contributed by atoms with Crippen LogP contribution in [0.25, 0.3) is 0 Å². The third-order valence-corrected chi connectivity index (χ3v) is 3.44. The van der Waals surface area contributed by atoms with Gasteiger partial charge in [0, 0.05) is 5.02 Å². The van der Waals surface area contributed by atoms with Gasteiger partial charge in [-0.2, -0.15) is 0 Å². The SMILES string of the molecule is O=C1Cc2ccccc2C(c2cccc(Cl)c2)N1. The maximum atomic E-state index is 11.8. The standard InChI is InChI=1S/C15H12ClNO/c16-12-6-3-5-11(8-12)15-13-7-2-1-4-10(13)9-14(18)17-15/h1-8,15H,9H2,(H,17,18). The molecule has 90 valence electrons. The van der Waals surface area contributed by atoms with Crippen molar-refractivity contribution in [2.75, 3.05) is 0 Å². The van der Waals surface area contributed by atoms with Crippen LogP contribution < -0.4 is 5.32 Å². The Hall–Kier alpha value is -1.80. The molecule has 0 radical (unpaired) electrons. The fourth-order valence-corrected chi connectivity index (χ4v) is 2.59. The summed E-state index contributed by atoms with van der Waals surface area (Å²) >= 11 is 6.01. The summed E-state index contributed by atoms with van der Waals surface area (Å²) in [6, 6.07) is 15.5. The molecule has 0 fully saturated rings. The van der Waals surface area contributed by atoms with Crippen molar-refractivity contribution in [1.82, 2.24) is 5.32 Å². The summed E-state index contributed by atoms with van der Waals surface area (Å²) in [7, 11) is 0. The van der Waals surface area contributed by atoms with E-state index < -0.39 is 0 Å². The van der Waals surface area contributed by atoms with Gasteiger partial charge < -0.3 is 5.32 Å². The zero-order chi connectivity index (χ0) is 12.5. The maximum Gasteiger partial charge on any atom is 0.225 e. The fourth-order valence-electron chi connectivity index (χ4n) is 2.39. The molecule has 0 aliphatic carbocycles. The highest BCUT2D eigenvalue weighted by Gasteiger charge is 2.25. The van der Waals surface area contributed by atoms with Crippen molar-refractivity contribution in [3.05, 3.63) is 70.2 Å². The molecule has 2 aromatic rings. The number of rotatable bonds is 1. The summed E-state index contributed by atoms with van der Waals surface area (Å²) in [5, 5.41) is 3.70. The number of amides is 1. The van der Waals surface area contributed by atoms with Crippen LogP contribution in [0.1, 0.15) is 22.7 Å². The first kappa shape index (κ1) is 11.3. The Labute approximate surface area is 111 Å². The number of nitrogens with one attached hydrogen (secondary N) is 1. The molecule has 0 saturated carbocycles. The van der Waals surface area contributed by atoms with Crippen LogP contribution in [0.15, 0.2) is 48.5 Å². The van der Waals surface area contributed by atoms with E-state index in [-0.39, 0.29) is 11.9 Å². The molecule has 1 amide bonds. The first-order valence-electron chi connectivity index (χ1n) is 5.86. The highest BCUT2D eigenvalue weighted by molar-refractivity contribution is 6.30. The lowest BCUT2D eigenvalue weighted by atomic mass is 9.90. The number of carbonyl (C=O) groups excluding carboxylic acids is 1. The number of fused-ring (bicyclic) bond motifs is 1. The lowest BCUT2D eigenvalue weighted by Crippen LogP contribution is -2.35. The molecule has 1 atom stereocenters. The zero-order valence-corrected chi connectivity index (χ0v) is 10.4. The Kier molecular flexibility index (Phi) is 2.80. The summed E-state index contributed by atoms with van der Waals surface area (Å²) in [6.45, 7) is 0. The zero-order valence-electron chi connectivity index (χ0n) is 9.69. The fraction of sp³-hybridized carbons (Fsp3) is 0.133. The van der Waals surface area contributed by atoms with Gasteiger partial charge in [-0.15, -0.1) is 0 Å². The smallest absolute Gasteiger partial charge is 0.225 e. The van der Waals surface area contributed by atoms with Crippen molar-refractivity contribution in [2.45, 2.75) is 12.5 Å². The van der Waals surface area contributed by atoms with Crippen molar-refractivity contribution < 1.29 is 4.79 Å². The molecule has 1 aliphatic rings. The van der Waals surface area contributed by atoms with Crippen LogP contribution >= 0.6 is 11.6 Å². The Morgan fingerprint density at radius 3 is 2.78 bits per heavy atom. The predicted molar refractivity (Wildman–Crippen MR) is 71.6 cm³/mol. The molecule has 18 heavy (non-hydrogen) atoms. The monoisotopic (exact) mass is 257 g/mol. The Morgan fingerprint density at radius 1 is 1.11 bits per heavy atom. The average Bonchev–Trinajstić information content (AvgIpc) is 2.37. The molecule has 3 rings (SSSR count). The first-order chi connectivity index (χ1) is 8.74. The normalized spacial score (nSPS) is 18.1. The molecule has 0 saturated heterocycles. The summed E-state index contributed by atoms with van der Waals surface area (Å²) in [5.41, 5.74) is 3.26. The van der Waals surface area contributed by atoms with Crippen LogP contribution in [0.3, 0.4) is 0 Å². The van der Waals surface area contributed by atoms with Gasteiger partial charge >= 0.3 is 0 Å². The largest absolute Gasteiger partial charge is 0.345 e. The molecule has 2 nitrogen and oxygen atoms in total. The van der Waals surface area contributed by atoms with E-state index in [1.807, 2.05) is 42.5 Å². The van der Waals surface area contributed by atoms with E-state index in [4.69, 9.17) is 11.6 Å². The molecule has 1 heterocycles. The number of hydrogen-bond acceptors (Lipinski definition) is 1. The lowest BCUT2D eigenvalue weighted by molar-refractivity contribution is -0.121. The van der Waals surface area contributed by atoms with Gasteiger partial charge in [0.25, 0.3) is 0 Å². The minimum Gasteiger partial charge on any atom is -0.345 e. The van der Waals surface area contributed by atoms with Gasteiger partial charge in [-0.3, -0.25) is 4.79 Å². The van der Waals surface area contributed by atoms with E-state index in [0.717, 1.165) is 16.7 Å². The minimum atomic E-state index is -0.0962.